The van der Waals surface area contributed by atoms with Gasteiger partial charge in [-0.1, -0.05) is 12.1 Å². The third-order valence-electron chi connectivity index (χ3n) is 3.88. The van der Waals surface area contributed by atoms with Crippen molar-refractivity contribution in [1.29, 1.82) is 0 Å². The van der Waals surface area contributed by atoms with Crippen LogP contribution in [0, 0.1) is 0 Å². The number of ether oxygens (including phenoxy) is 3. The number of amides is 2. The van der Waals surface area contributed by atoms with Crippen LogP contribution < -0.4 is 10.1 Å². The highest BCUT2D eigenvalue weighted by Gasteiger charge is 2.25. The van der Waals surface area contributed by atoms with Gasteiger partial charge in [-0.15, -0.1) is 0 Å². The lowest BCUT2D eigenvalue weighted by Crippen LogP contribution is -2.50. The highest BCUT2D eigenvalue weighted by Crippen LogP contribution is 2.14. The van der Waals surface area contributed by atoms with Crippen LogP contribution in [0.1, 0.15) is 26.3 Å². The van der Waals surface area contributed by atoms with E-state index in [2.05, 4.69) is 5.32 Å². The van der Waals surface area contributed by atoms with E-state index in [1.54, 1.807) is 12.0 Å². The summed E-state index contributed by atoms with van der Waals surface area (Å²) in [5, 5.41) is 2.69. The topological polar surface area (TPSA) is 77.1 Å². The molecule has 1 aromatic carbocycles. The van der Waals surface area contributed by atoms with Crippen LogP contribution in [0.25, 0.3) is 0 Å². The molecule has 1 N–H and O–H groups in total. The van der Waals surface area contributed by atoms with E-state index in [9.17, 15) is 9.59 Å². The highest BCUT2D eigenvalue weighted by atomic mass is 16.6. The molecule has 1 fully saturated rings. The van der Waals surface area contributed by atoms with Crippen LogP contribution in [0.15, 0.2) is 24.3 Å². The van der Waals surface area contributed by atoms with Crippen LogP contribution in [0.5, 0.6) is 5.75 Å². The molecule has 7 nitrogen and oxygen atoms in total. The van der Waals surface area contributed by atoms with Gasteiger partial charge in [0.1, 0.15) is 11.4 Å². The summed E-state index contributed by atoms with van der Waals surface area (Å²) in [6, 6.07) is 7.46. The maximum absolute atomic E-state index is 12.5. The monoisotopic (exact) mass is 364 g/mol. The Morgan fingerprint density at radius 2 is 1.96 bits per heavy atom. The predicted molar refractivity (Wildman–Crippen MR) is 97.3 cm³/mol. The molecule has 1 atom stereocenters. The van der Waals surface area contributed by atoms with Gasteiger partial charge in [0.05, 0.1) is 26.2 Å². The number of hydrogen-bond acceptors (Lipinski definition) is 5. The third kappa shape index (κ3) is 6.55. The lowest BCUT2D eigenvalue weighted by Gasteiger charge is -2.33. The quantitative estimate of drug-likeness (QED) is 0.865. The van der Waals surface area contributed by atoms with Gasteiger partial charge in [-0.2, -0.15) is 0 Å². The Balaban J connectivity index is 1.81. The zero-order valence-electron chi connectivity index (χ0n) is 15.9. The Kier molecular flexibility index (Phi) is 6.85. The van der Waals surface area contributed by atoms with Gasteiger partial charge < -0.3 is 24.4 Å². The van der Waals surface area contributed by atoms with Crippen LogP contribution in [-0.2, 0) is 20.7 Å². The number of nitrogens with one attached hydrogen (secondary N) is 1. The molecule has 0 spiro atoms. The summed E-state index contributed by atoms with van der Waals surface area (Å²) in [5.74, 6) is 0.807. The Morgan fingerprint density at radius 1 is 1.27 bits per heavy atom. The zero-order chi connectivity index (χ0) is 19.2. The van der Waals surface area contributed by atoms with Crippen LogP contribution >= 0.6 is 0 Å². The molecule has 0 aromatic heterocycles. The minimum Gasteiger partial charge on any atom is -0.497 e. The molecule has 144 valence electrons. The van der Waals surface area contributed by atoms with Crippen molar-refractivity contribution in [3.8, 4) is 5.75 Å². The fourth-order valence-corrected chi connectivity index (χ4v) is 2.61. The van der Waals surface area contributed by atoms with Crippen molar-refractivity contribution in [2.75, 3.05) is 33.4 Å². The first-order valence-electron chi connectivity index (χ1n) is 8.76. The van der Waals surface area contributed by atoms with Crippen molar-refractivity contribution in [2.45, 2.75) is 38.9 Å². The van der Waals surface area contributed by atoms with Crippen LogP contribution in [0.4, 0.5) is 4.79 Å². The van der Waals surface area contributed by atoms with E-state index in [0.717, 1.165) is 11.3 Å². The second kappa shape index (κ2) is 8.89. The van der Waals surface area contributed by atoms with Gasteiger partial charge in [-0.25, -0.2) is 4.79 Å². The Bertz CT molecular complexity index is 609. The third-order valence-corrected chi connectivity index (χ3v) is 3.88. The fourth-order valence-electron chi connectivity index (χ4n) is 2.61. The van der Waals surface area contributed by atoms with Gasteiger partial charge >= 0.3 is 6.09 Å². The smallest absolute Gasteiger partial charge is 0.407 e. The molecule has 2 amide bonds. The minimum absolute atomic E-state index is 0.0423. The summed E-state index contributed by atoms with van der Waals surface area (Å²) in [6.45, 7) is 7.19. The van der Waals surface area contributed by atoms with Gasteiger partial charge in [0.25, 0.3) is 0 Å². The number of methoxy groups -OCH3 is 1. The van der Waals surface area contributed by atoms with Gasteiger partial charge in [0, 0.05) is 19.6 Å². The molecular formula is C19H28N2O5. The zero-order valence-corrected chi connectivity index (χ0v) is 15.9. The van der Waals surface area contributed by atoms with Crippen molar-refractivity contribution >= 4 is 12.0 Å². The number of alkyl carbamates (subject to hydrolysis) is 1. The Morgan fingerprint density at radius 3 is 2.58 bits per heavy atom. The minimum atomic E-state index is -0.544. The summed E-state index contributed by atoms with van der Waals surface area (Å²) in [4.78, 5) is 26.0. The van der Waals surface area contributed by atoms with E-state index in [1.165, 1.54) is 0 Å². The molecule has 0 bridgehead atoms. The lowest BCUT2D eigenvalue weighted by molar-refractivity contribution is -0.137. The average Bonchev–Trinajstić information content (AvgIpc) is 2.59. The van der Waals surface area contributed by atoms with Gasteiger partial charge in [0.15, 0.2) is 0 Å². The van der Waals surface area contributed by atoms with E-state index in [1.807, 2.05) is 45.0 Å². The normalized spacial score (nSPS) is 17.5. The summed E-state index contributed by atoms with van der Waals surface area (Å²) in [5.41, 5.74) is 0.392. The van der Waals surface area contributed by atoms with Gasteiger partial charge in [0.2, 0.25) is 5.91 Å². The van der Waals surface area contributed by atoms with Crippen molar-refractivity contribution < 1.29 is 23.8 Å². The first-order chi connectivity index (χ1) is 12.3. The molecular weight excluding hydrogens is 336 g/mol. The molecule has 1 aliphatic rings. The maximum Gasteiger partial charge on any atom is 0.407 e. The lowest BCUT2D eigenvalue weighted by atomic mass is 10.1. The number of benzene rings is 1. The number of nitrogens with zero attached hydrogens (tertiary/aromatic N) is 1. The maximum atomic E-state index is 12.5. The van der Waals surface area contributed by atoms with E-state index in [0.29, 0.717) is 32.7 Å². The average molecular weight is 364 g/mol. The number of morpholine rings is 1. The number of carbonyl (C=O) groups is 2. The van der Waals surface area contributed by atoms with Crippen molar-refractivity contribution in [1.82, 2.24) is 10.2 Å². The molecule has 2 rings (SSSR count). The number of hydrogen-bond donors (Lipinski definition) is 1. The summed E-state index contributed by atoms with van der Waals surface area (Å²) >= 11 is 0. The summed E-state index contributed by atoms with van der Waals surface area (Å²) in [7, 11) is 1.61. The number of rotatable bonds is 5. The van der Waals surface area contributed by atoms with Crippen LogP contribution in [-0.4, -0.2) is 62.0 Å². The molecule has 0 aliphatic carbocycles. The molecule has 1 heterocycles. The molecule has 0 saturated carbocycles. The fraction of sp³-hybridized carbons (Fsp3) is 0.579. The molecule has 0 unspecified atom stereocenters. The number of carbonyl (C=O) groups excluding carboxylic acids is 2. The Hall–Kier alpha value is -2.28. The van der Waals surface area contributed by atoms with Crippen LogP contribution in [0.3, 0.4) is 0 Å². The van der Waals surface area contributed by atoms with E-state index < -0.39 is 11.7 Å². The Labute approximate surface area is 154 Å². The van der Waals surface area contributed by atoms with Gasteiger partial charge in [-0.3, -0.25) is 4.79 Å². The van der Waals surface area contributed by atoms with Crippen LogP contribution in [0.2, 0.25) is 0 Å². The molecule has 1 aliphatic heterocycles. The SMILES string of the molecule is COc1ccc(CC(=O)N2CCO[C@H](CNC(=O)OC(C)(C)C)C2)cc1. The first-order valence-corrected chi connectivity index (χ1v) is 8.76. The molecule has 26 heavy (non-hydrogen) atoms. The predicted octanol–water partition coefficient (Wildman–Crippen LogP) is 1.99. The second-order valence-electron chi connectivity index (χ2n) is 7.24. The second-order valence-corrected chi connectivity index (χ2v) is 7.24. The summed E-state index contributed by atoms with van der Waals surface area (Å²) in [6.07, 6.45) is -0.394. The largest absolute Gasteiger partial charge is 0.497 e. The highest BCUT2D eigenvalue weighted by molar-refractivity contribution is 5.79. The molecule has 0 radical (unpaired) electrons. The standard InChI is InChI=1S/C19H28N2O5/c1-19(2,3)26-18(23)20-12-16-13-21(9-10-25-16)17(22)11-14-5-7-15(24-4)8-6-14/h5-8,16H,9-13H2,1-4H3,(H,20,23)/t16-/m1/s1. The van der Waals surface area contributed by atoms with Crippen molar-refractivity contribution in [2.24, 2.45) is 0 Å². The van der Waals surface area contributed by atoms with E-state index in [4.69, 9.17) is 14.2 Å². The van der Waals surface area contributed by atoms with E-state index in [-0.39, 0.29) is 12.0 Å². The molecule has 1 aromatic rings. The van der Waals surface area contributed by atoms with Crippen molar-refractivity contribution in [3.05, 3.63) is 29.8 Å². The first kappa shape index (κ1) is 20.0. The molecule has 7 heteroatoms. The molecule has 1 saturated heterocycles. The summed E-state index contributed by atoms with van der Waals surface area (Å²) < 4.78 is 16.0. The van der Waals surface area contributed by atoms with Gasteiger partial charge in [-0.05, 0) is 38.5 Å². The van der Waals surface area contributed by atoms with E-state index >= 15 is 0 Å². The van der Waals surface area contributed by atoms with Crippen molar-refractivity contribution in [3.63, 3.8) is 0 Å².